The van der Waals surface area contributed by atoms with Crippen LogP contribution in [0.25, 0.3) is 0 Å². The van der Waals surface area contributed by atoms with Gasteiger partial charge in [0.25, 0.3) is 0 Å². The summed E-state index contributed by atoms with van der Waals surface area (Å²) in [6.07, 6.45) is 23.9. The van der Waals surface area contributed by atoms with Crippen molar-refractivity contribution in [1.29, 1.82) is 0 Å². The van der Waals surface area contributed by atoms with Crippen LogP contribution in [0.3, 0.4) is 0 Å². The van der Waals surface area contributed by atoms with Gasteiger partial charge in [-0.1, -0.05) is 69.4 Å². The summed E-state index contributed by atoms with van der Waals surface area (Å²) in [6, 6.07) is 6.00. The minimum atomic E-state index is -0.921. The molecule has 0 aliphatic heterocycles. The number of pyridine rings is 1. The quantitative estimate of drug-likeness (QED) is 0.216. The van der Waals surface area contributed by atoms with Crippen LogP contribution in [0.1, 0.15) is 89.7 Å². The number of aryl methyl sites for hydroxylation is 1. The largest absolute Gasteiger partial charge is 1.00 e. The van der Waals surface area contributed by atoms with Crippen molar-refractivity contribution in [3.8, 4) is 0 Å². The molecular formula is C24H39ClKNO2. The molecule has 0 atom stereocenters. The van der Waals surface area contributed by atoms with Crippen LogP contribution in [0.15, 0.2) is 48.7 Å². The van der Waals surface area contributed by atoms with E-state index in [0.717, 1.165) is 32.1 Å². The van der Waals surface area contributed by atoms with Gasteiger partial charge in [0, 0.05) is 25.0 Å². The van der Waals surface area contributed by atoms with Crippen LogP contribution in [-0.4, -0.2) is 5.97 Å². The zero-order chi connectivity index (χ0) is 20.0. The molecule has 1 aromatic heterocycles. The molecule has 0 bridgehead atoms. The number of rotatable bonds is 14. The molecule has 5 heteroatoms. The van der Waals surface area contributed by atoms with Gasteiger partial charge in [-0.2, -0.15) is 0 Å². The third kappa shape index (κ3) is 30.3. The van der Waals surface area contributed by atoms with Crippen molar-refractivity contribution < 1.29 is 78.7 Å². The van der Waals surface area contributed by atoms with Gasteiger partial charge in [-0.25, -0.2) is 4.98 Å². The Morgan fingerprint density at radius 3 is 2.00 bits per heavy atom. The van der Waals surface area contributed by atoms with Gasteiger partial charge in [0.05, 0.1) is 0 Å². The summed E-state index contributed by atoms with van der Waals surface area (Å²) in [5, 5.41) is 10.2. The van der Waals surface area contributed by atoms with Crippen molar-refractivity contribution in [2.75, 3.05) is 0 Å². The monoisotopic (exact) mass is 447 g/mol. The van der Waals surface area contributed by atoms with Crippen molar-refractivity contribution in [2.45, 2.75) is 90.9 Å². The summed E-state index contributed by atoms with van der Waals surface area (Å²) in [5.41, 5.74) is 1.20. The van der Waals surface area contributed by atoms with E-state index in [-0.39, 0.29) is 70.2 Å². The number of carbonyl (C=O) groups is 1. The van der Waals surface area contributed by atoms with Gasteiger partial charge in [0.1, 0.15) is 0 Å². The average molecular weight is 448 g/mol. The molecule has 3 nitrogen and oxygen atoms in total. The molecule has 0 saturated carbocycles. The molecule has 0 aliphatic carbocycles. The fraction of sp³-hybridized carbons (Fsp3) is 0.583. The second-order valence-corrected chi connectivity index (χ2v) is 6.90. The number of hydrogen-bond donors (Lipinski definition) is 0. The maximum absolute atomic E-state index is 10.2. The van der Waals surface area contributed by atoms with Crippen LogP contribution in [0, 0.1) is 6.92 Å². The first kappa shape index (κ1) is 33.7. The standard InChI is InChI=1S/C18H32O2.C6H7N.ClH.K/c1-2-3-4-5-6-7-8-9-10-11-12-13-14-15-16-17-18(19)20;1-6-4-2-3-5-7-6;;/h6-7,9-10H,2-5,8,11-17H2,1H3,(H,19,20);2-5H,1H3;1H;/q;;;+1/p-1/b7-6-,10-9-;;;. The summed E-state index contributed by atoms with van der Waals surface area (Å²) in [7, 11) is 0. The van der Waals surface area contributed by atoms with Crippen molar-refractivity contribution in [2.24, 2.45) is 0 Å². The predicted molar refractivity (Wildman–Crippen MR) is 112 cm³/mol. The fourth-order valence-electron chi connectivity index (χ4n) is 2.56. The van der Waals surface area contributed by atoms with E-state index in [1.807, 2.05) is 31.3 Å². The number of hydrogen-bond acceptors (Lipinski definition) is 2. The first-order valence-corrected chi connectivity index (χ1v) is 10.6. The van der Waals surface area contributed by atoms with Crippen LogP contribution in [-0.2, 0) is 4.79 Å². The van der Waals surface area contributed by atoms with Gasteiger partial charge in [-0.15, -0.1) is 0 Å². The van der Waals surface area contributed by atoms with E-state index in [1.54, 1.807) is 0 Å². The molecular weight excluding hydrogens is 409 g/mol. The second kappa shape index (κ2) is 28.0. The van der Waals surface area contributed by atoms with E-state index in [1.165, 1.54) is 44.2 Å². The summed E-state index contributed by atoms with van der Waals surface area (Å²) in [6.45, 7) is 4.26. The van der Waals surface area contributed by atoms with Crippen molar-refractivity contribution in [3.63, 3.8) is 0 Å². The Morgan fingerprint density at radius 1 is 0.931 bits per heavy atom. The number of aromatic amines is 1. The van der Waals surface area contributed by atoms with Crippen LogP contribution < -0.4 is 73.9 Å². The molecule has 0 unspecified atom stereocenters. The average Bonchev–Trinajstić information content (AvgIpc) is 2.66. The molecule has 0 fully saturated rings. The molecule has 0 aromatic carbocycles. The molecule has 160 valence electrons. The van der Waals surface area contributed by atoms with Gasteiger partial charge in [-0.3, -0.25) is 0 Å². The number of unbranched alkanes of at least 4 members (excludes halogenated alkanes) is 8. The molecule has 1 heterocycles. The smallest absolute Gasteiger partial charge is 1.00 e. The topological polar surface area (TPSA) is 54.3 Å². The molecule has 0 radical (unpaired) electrons. The Kier molecular flexibility index (Phi) is 32.5. The van der Waals surface area contributed by atoms with Crippen molar-refractivity contribution >= 4 is 5.97 Å². The Balaban J connectivity index is -0.000000632. The minimum Gasteiger partial charge on any atom is -1.00 e. The van der Waals surface area contributed by atoms with E-state index < -0.39 is 5.97 Å². The minimum absolute atomic E-state index is 0. The van der Waals surface area contributed by atoms with Crippen LogP contribution in [0.4, 0.5) is 0 Å². The van der Waals surface area contributed by atoms with E-state index >= 15 is 0 Å². The van der Waals surface area contributed by atoms with Crippen LogP contribution in [0.5, 0.6) is 0 Å². The molecule has 1 aromatic rings. The molecule has 0 amide bonds. The van der Waals surface area contributed by atoms with E-state index in [4.69, 9.17) is 0 Å². The Hall–Kier alpha value is 0.0264. The van der Waals surface area contributed by atoms with Gasteiger partial charge in [0.2, 0.25) is 0 Å². The van der Waals surface area contributed by atoms with Crippen molar-refractivity contribution in [3.05, 3.63) is 54.4 Å². The van der Waals surface area contributed by atoms with E-state index in [2.05, 4.69) is 36.2 Å². The maximum atomic E-state index is 10.2. The SMILES string of the molecule is CCCCC/C=C\C/C=C\CCCCCCCC(=O)[O-].Cc1cccc[nH+]1.[Cl-].[K+]. The Bertz CT molecular complexity index is 507. The summed E-state index contributed by atoms with van der Waals surface area (Å²) < 4.78 is 0. The number of H-pyrrole nitrogens is 1. The fourth-order valence-corrected chi connectivity index (χ4v) is 2.56. The molecule has 0 aliphatic rings. The molecule has 0 spiro atoms. The first-order chi connectivity index (χ1) is 13.2. The number of aliphatic carboxylic acids is 1. The van der Waals surface area contributed by atoms with E-state index in [0.29, 0.717) is 0 Å². The summed E-state index contributed by atoms with van der Waals surface area (Å²) in [4.78, 5) is 13.2. The summed E-state index contributed by atoms with van der Waals surface area (Å²) >= 11 is 0. The third-order valence-electron chi connectivity index (χ3n) is 4.20. The van der Waals surface area contributed by atoms with Crippen molar-refractivity contribution in [1.82, 2.24) is 0 Å². The number of aromatic nitrogens is 1. The number of carboxylic acid groups (broad SMARTS) is 1. The zero-order valence-corrected chi connectivity index (χ0v) is 22.7. The number of carboxylic acids is 1. The number of halogens is 1. The van der Waals surface area contributed by atoms with Gasteiger partial charge >= 0.3 is 51.4 Å². The van der Waals surface area contributed by atoms with Gasteiger partial charge < -0.3 is 22.3 Å². The Morgan fingerprint density at radius 2 is 1.52 bits per heavy atom. The van der Waals surface area contributed by atoms with Gasteiger partial charge in [-0.05, 0) is 44.9 Å². The predicted octanol–water partition coefficient (Wildman–Crippen LogP) is -0.633. The Labute approximate surface area is 227 Å². The summed E-state index contributed by atoms with van der Waals surface area (Å²) in [5.74, 6) is -0.921. The van der Waals surface area contributed by atoms with Crippen LogP contribution in [0.2, 0.25) is 0 Å². The molecule has 1 N–H and O–H groups in total. The maximum Gasteiger partial charge on any atom is 1.00 e. The molecule has 0 saturated heterocycles. The normalized spacial score (nSPS) is 10.1. The van der Waals surface area contributed by atoms with Gasteiger partial charge in [0.15, 0.2) is 11.9 Å². The number of nitrogens with one attached hydrogen (secondary N) is 1. The van der Waals surface area contributed by atoms with E-state index in [9.17, 15) is 9.90 Å². The number of allylic oxidation sites excluding steroid dienone is 4. The number of carbonyl (C=O) groups excluding carboxylic acids is 1. The zero-order valence-electron chi connectivity index (χ0n) is 18.8. The third-order valence-corrected chi connectivity index (χ3v) is 4.20. The first-order valence-electron chi connectivity index (χ1n) is 10.6. The molecule has 29 heavy (non-hydrogen) atoms. The second-order valence-electron chi connectivity index (χ2n) is 6.90. The van der Waals surface area contributed by atoms with Crippen LogP contribution >= 0.6 is 0 Å². The molecule has 1 rings (SSSR count).